The van der Waals surface area contributed by atoms with Gasteiger partial charge in [0.2, 0.25) is 11.8 Å². The molecule has 112 valence electrons. The molecule has 3 N–H and O–H groups in total. The molecule has 4 amide bonds. The second kappa shape index (κ2) is 7.46. The summed E-state index contributed by atoms with van der Waals surface area (Å²) >= 11 is 0. The molecule has 1 heterocycles. The van der Waals surface area contributed by atoms with Crippen molar-refractivity contribution in [2.75, 3.05) is 13.1 Å². The third-order valence-electron chi connectivity index (χ3n) is 2.92. The number of nitrogens with zero attached hydrogens (tertiary/aromatic N) is 1. The Morgan fingerprint density at radius 1 is 1.25 bits per heavy atom. The van der Waals surface area contributed by atoms with Gasteiger partial charge in [-0.1, -0.05) is 0 Å². The minimum absolute atomic E-state index is 0.000997. The Kier molecular flexibility index (Phi) is 5.95. The Morgan fingerprint density at radius 3 is 2.55 bits per heavy atom. The number of amides is 4. The standard InChI is InChI=1S/C12H19N3O5/c1-8(16)13-9-5-6-15(7-9)12(20)14-10(17)3-2-4-11(18)19/h9H,2-7H2,1H3,(H,13,16)(H,18,19)(H,14,17,20). The number of carbonyl (C=O) groups is 4. The number of urea groups is 1. The fourth-order valence-electron chi connectivity index (χ4n) is 2.01. The fourth-order valence-corrected chi connectivity index (χ4v) is 2.01. The molecule has 1 fully saturated rings. The lowest BCUT2D eigenvalue weighted by Crippen LogP contribution is -2.43. The number of aliphatic carboxylic acids is 1. The molecule has 1 unspecified atom stereocenters. The quantitative estimate of drug-likeness (QED) is 0.640. The number of carboxylic acids is 1. The summed E-state index contributed by atoms with van der Waals surface area (Å²) in [6, 6.07) is -0.585. The van der Waals surface area contributed by atoms with Crippen LogP contribution in [0.1, 0.15) is 32.6 Å². The molecular weight excluding hydrogens is 266 g/mol. The predicted molar refractivity (Wildman–Crippen MR) is 68.8 cm³/mol. The van der Waals surface area contributed by atoms with Crippen LogP contribution in [-0.4, -0.2) is 53.0 Å². The molecule has 1 atom stereocenters. The average Bonchev–Trinajstić information content (AvgIpc) is 2.75. The van der Waals surface area contributed by atoms with Crippen LogP contribution in [0.15, 0.2) is 0 Å². The van der Waals surface area contributed by atoms with E-state index in [1.165, 1.54) is 11.8 Å². The second-order valence-corrected chi connectivity index (χ2v) is 4.73. The molecule has 1 saturated heterocycles. The van der Waals surface area contributed by atoms with Crippen molar-refractivity contribution in [3.05, 3.63) is 0 Å². The van der Waals surface area contributed by atoms with Gasteiger partial charge >= 0.3 is 12.0 Å². The first-order valence-corrected chi connectivity index (χ1v) is 6.46. The highest BCUT2D eigenvalue weighted by Crippen LogP contribution is 2.09. The lowest BCUT2D eigenvalue weighted by molar-refractivity contribution is -0.137. The molecule has 1 aliphatic heterocycles. The van der Waals surface area contributed by atoms with Crippen LogP contribution in [0, 0.1) is 0 Å². The van der Waals surface area contributed by atoms with Crippen LogP contribution in [0.5, 0.6) is 0 Å². The van der Waals surface area contributed by atoms with Gasteiger partial charge in [-0.25, -0.2) is 4.79 Å². The zero-order chi connectivity index (χ0) is 15.1. The number of likely N-dealkylation sites (tertiary alicyclic amines) is 1. The van der Waals surface area contributed by atoms with Gasteiger partial charge in [-0.3, -0.25) is 19.7 Å². The van der Waals surface area contributed by atoms with E-state index in [0.717, 1.165) is 0 Å². The molecule has 0 spiro atoms. The van der Waals surface area contributed by atoms with Crippen molar-refractivity contribution < 1.29 is 24.3 Å². The third-order valence-corrected chi connectivity index (χ3v) is 2.92. The van der Waals surface area contributed by atoms with E-state index in [2.05, 4.69) is 10.6 Å². The lowest BCUT2D eigenvalue weighted by Gasteiger charge is -2.16. The predicted octanol–water partition coefficient (Wildman–Crippen LogP) is -0.312. The Hall–Kier alpha value is -2.12. The van der Waals surface area contributed by atoms with Crippen molar-refractivity contribution >= 4 is 23.8 Å². The summed E-state index contributed by atoms with van der Waals surface area (Å²) < 4.78 is 0. The number of rotatable bonds is 5. The van der Waals surface area contributed by atoms with Crippen molar-refractivity contribution in [3.63, 3.8) is 0 Å². The average molecular weight is 285 g/mol. The van der Waals surface area contributed by atoms with E-state index in [1.54, 1.807) is 0 Å². The number of hydrogen-bond donors (Lipinski definition) is 3. The van der Waals surface area contributed by atoms with Gasteiger partial charge in [-0.05, 0) is 12.8 Å². The Labute approximate surface area is 116 Å². The summed E-state index contributed by atoms with van der Waals surface area (Å²) in [6.07, 6.45) is 0.750. The maximum absolute atomic E-state index is 11.7. The van der Waals surface area contributed by atoms with Gasteiger partial charge < -0.3 is 15.3 Å². The molecule has 20 heavy (non-hydrogen) atoms. The highest BCUT2D eigenvalue weighted by Gasteiger charge is 2.27. The van der Waals surface area contributed by atoms with Gasteiger partial charge in [0.25, 0.3) is 0 Å². The van der Waals surface area contributed by atoms with Gasteiger partial charge in [0, 0.05) is 38.9 Å². The zero-order valence-electron chi connectivity index (χ0n) is 11.3. The monoisotopic (exact) mass is 285 g/mol. The molecule has 8 nitrogen and oxygen atoms in total. The Bertz CT molecular complexity index is 410. The maximum Gasteiger partial charge on any atom is 0.324 e. The number of carboxylic acid groups (broad SMARTS) is 1. The summed E-state index contributed by atoms with van der Waals surface area (Å²) in [7, 11) is 0. The second-order valence-electron chi connectivity index (χ2n) is 4.73. The van der Waals surface area contributed by atoms with Crippen LogP contribution in [-0.2, 0) is 14.4 Å². The SMILES string of the molecule is CC(=O)NC1CCN(C(=O)NC(=O)CCCC(=O)O)C1. The lowest BCUT2D eigenvalue weighted by atomic mass is 10.2. The van der Waals surface area contributed by atoms with Crippen LogP contribution in [0.25, 0.3) is 0 Å². The molecule has 0 bridgehead atoms. The van der Waals surface area contributed by atoms with Crippen LogP contribution < -0.4 is 10.6 Å². The first-order valence-electron chi connectivity index (χ1n) is 6.46. The normalized spacial score (nSPS) is 17.6. The van der Waals surface area contributed by atoms with E-state index in [9.17, 15) is 19.2 Å². The molecule has 0 aromatic heterocycles. The van der Waals surface area contributed by atoms with Crippen LogP contribution in [0.4, 0.5) is 4.79 Å². The van der Waals surface area contributed by atoms with Crippen molar-refractivity contribution in [2.45, 2.75) is 38.6 Å². The van der Waals surface area contributed by atoms with Crippen LogP contribution in [0.2, 0.25) is 0 Å². The summed E-state index contributed by atoms with van der Waals surface area (Å²) in [5.41, 5.74) is 0. The van der Waals surface area contributed by atoms with Crippen molar-refractivity contribution in [1.82, 2.24) is 15.5 Å². The van der Waals surface area contributed by atoms with Crippen molar-refractivity contribution in [2.24, 2.45) is 0 Å². The highest BCUT2D eigenvalue weighted by molar-refractivity contribution is 5.94. The number of nitrogens with one attached hydrogen (secondary N) is 2. The first-order chi connectivity index (χ1) is 9.38. The van der Waals surface area contributed by atoms with Gasteiger partial charge in [0.15, 0.2) is 0 Å². The van der Waals surface area contributed by atoms with E-state index in [4.69, 9.17) is 5.11 Å². The largest absolute Gasteiger partial charge is 0.481 e. The Morgan fingerprint density at radius 2 is 1.95 bits per heavy atom. The summed E-state index contributed by atoms with van der Waals surface area (Å²) in [4.78, 5) is 45.8. The molecule has 0 aromatic rings. The maximum atomic E-state index is 11.7. The minimum atomic E-state index is -0.971. The van der Waals surface area contributed by atoms with Gasteiger partial charge in [0.05, 0.1) is 0 Å². The van der Waals surface area contributed by atoms with Crippen molar-refractivity contribution in [3.8, 4) is 0 Å². The molecule has 0 radical (unpaired) electrons. The van der Waals surface area contributed by atoms with Crippen LogP contribution in [0.3, 0.4) is 0 Å². The van der Waals surface area contributed by atoms with Gasteiger partial charge in [-0.15, -0.1) is 0 Å². The summed E-state index contributed by atoms with van der Waals surface area (Å²) in [5.74, 6) is -1.61. The smallest absolute Gasteiger partial charge is 0.324 e. The molecule has 0 aliphatic carbocycles. The minimum Gasteiger partial charge on any atom is -0.481 e. The first kappa shape index (κ1) is 15.9. The summed E-state index contributed by atoms with van der Waals surface area (Å²) in [6.45, 7) is 2.25. The van der Waals surface area contributed by atoms with Crippen LogP contribution >= 0.6 is 0 Å². The van der Waals surface area contributed by atoms with E-state index in [-0.39, 0.29) is 31.2 Å². The zero-order valence-corrected chi connectivity index (χ0v) is 11.3. The molecular formula is C12H19N3O5. The van der Waals surface area contributed by atoms with Gasteiger partial charge in [-0.2, -0.15) is 0 Å². The van der Waals surface area contributed by atoms with Gasteiger partial charge in [0.1, 0.15) is 0 Å². The summed E-state index contributed by atoms with van der Waals surface area (Å²) in [5, 5.41) is 13.4. The number of carbonyl (C=O) groups excluding carboxylic acids is 3. The van der Waals surface area contributed by atoms with E-state index < -0.39 is 17.9 Å². The highest BCUT2D eigenvalue weighted by atomic mass is 16.4. The van der Waals surface area contributed by atoms with Crippen molar-refractivity contribution in [1.29, 1.82) is 0 Å². The van der Waals surface area contributed by atoms with E-state index in [1.807, 2.05) is 0 Å². The number of hydrogen-bond acceptors (Lipinski definition) is 4. The topological polar surface area (TPSA) is 116 Å². The number of imide groups is 1. The molecule has 1 rings (SSSR count). The third kappa shape index (κ3) is 5.68. The fraction of sp³-hybridized carbons (Fsp3) is 0.667. The molecule has 0 aromatic carbocycles. The van der Waals surface area contributed by atoms with E-state index >= 15 is 0 Å². The molecule has 1 aliphatic rings. The Balaban J connectivity index is 2.27. The molecule has 8 heteroatoms. The molecule has 0 saturated carbocycles. The van der Waals surface area contributed by atoms with E-state index in [0.29, 0.717) is 19.5 Å².